The van der Waals surface area contributed by atoms with Crippen molar-refractivity contribution in [1.82, 2.24) is 20.9 Å². The summed E-state index contributed by atoms with van der Waals surface area (Å²) in [6.07, 6.45) is -0.903. The molecule has 7 atom stereocenters. The molecule has 0 aromatic heterocycles. The maximum Gasteiger partial charge on any atom is 0.408 e. The van der Waals surface area contributed by atoms with E-state index in [2.05, 4.69) is 16.0 Å². The molecule has 2 aliphatic rings. The molecule has 1 heterocycles. The average molecular weight is 589 g/mol. The Hall–Kier alpha value is -3.50. The van der Waals surface area contributed by atoms with Crippen LogP contribution in [-0.4, -0.2) is 71.4 Å². The molecule has 4 amide bonds. The molecule has 0 bridgehead atoms. The minimum absolute atomic E-state index is 0.0222. The van der Waals surface area contributed by atoms with Gasteiger partial charge in [0.1, 0.15) is 18.3 Å². The van der Waals surface area contributed by atoms with Crippen LogP contribution in [0.2, 0.25) is 0 Å². The van der Waals surface area contributed by atoms with Crippen molar-refractivity contribution in [3.8, 4) is 0 Å². The summed E-state index contributed by atoms with van der Waals surface area (Å²) in [6, 6.07) is 5.63. The van der Waals surface area contributed by atoms with E-state index in [9.17, 15) is 28.4 Å². The lowest BCUT2D eigenvalue weighted by Crippen LogP contribution is -2.58. The van der Waals surface area contributed by atoms with Crippen LogP contribution in [0.3, 0.4) is 0 Å². The SMILES string of the molecule is CCCC(NC(=O)[C@@H]1[C@H]2CC[C@H](F)[C@H]2CN1C(=O)[C@@H](NC(=O)OC(C)C)C(C)C)C(=O)C(=O)N[C@@H](C)c1ccccc1. The van der Waals surface area contributed by atoms with Gasteiger partial charge in [-0.25, -0.2) is 9.18 Å². The first kappa shape index (κ1) is 33.0. The second-order valence-corrected chi connectivity index (χ2v) is 12.0. The number of nitrogens with zero attached hydrogens (tertiary/aromatic N) is 1. The Morgan fingerprint density at radius 2 is 1.62 bits per heavy atom. The fraction of sp³-hybridized carbons (Fsp3) is 0.645. The van der Waals surface area contributed by atoms with Crippen molar-refractivity contribution < 1.29 is 33.1 Å². The van der Waals surface area contributed by atoms with Crippen LogP contribution in [0.4, 0.5) is 9.18 Å². The Bertz CT molecular complexity index is 1130. The number of carbonyl (C=O) groups is 5. The van der Waals surface area contributed by atoms with E-state index in [1.54, 1.807) is 34.6 Å². The molecule has 1 saturated carbocycles. The molecule has 42 heavy (non-hydrogen) atoms. The summed E-state index contributed by atoms with van der Waals surface area (Å²) in [5.74, 6) is -4.03. The fourth-order valence-electron chi connectivity index (χ4n) is 5.96. The first-order valence-corrected chi connectivity index (χ1v) is 15.0. The number of hydrogen-bond donors (Lipinski definition) is 3. The number of alkyl halides is 1. The smallest absolute Gasteiger partial charge is 0.408 e. The minimum atomic E-state index is -1.17. The van der Waals surface area contributed by atoms with Crippen LogP contribution in [0.25, 0.3) is 0 Å². The van der Waals surface area contributed by atoms with Crippen molar-refractivity contribution in [3.05, 3.63) is 35.9 Å². The molecule has 3 N–H and O–H groups in total. The fourth-order valence-corrected chi connectivity index (χ4v) is 5.96. The molecule has 10 nitrogen and oxygen atoms in total. The Morgan fingerprint density at radius 3 is 2.21 bits per heavy atom. The summed E-state index contributed by atoms with van der Waals surface area (Å²) < 4.78 is 20.0. The number of amides is 4. The van der Waals surface area contributed by atoms with Crippen LogP contribution < -0.4 is 16.0 Å². The monoisotopic (exact) mass is 588 g/mol. The van der Waals surface area contributed by atoms with Gasteiger partial charge >= 0.3 is 6.09 Å². The van der Waals surface area contributed by atoms with Crippen molar-refractivity contribution in [1.29, 1.82) is 0 Å². The Balaban J connectivity index is 1.79. The van der Waals surface area contributed by atoms with Crippen LogP contribution in [0.15, 0.2) is 30.3 Å². The van der Waals surface area contributed by atoms with Gasteiger partial charge in [0.2, 0.25) is 17.6 Å². The summed E-state index contributed by atoms with van der Waals surface area (Å²) in [5.41, 5.74) is 0.827. The van der Waals surface area contributed by atoms with Crippen molar-refractivity contribution in [2.45, 2.75) is 104 Å². The molecule has 1 aromatic carbocycles. The maximum absolute atomic E-state index is 14.9. The van der Waals surface area contributed by atoms with Gasteiger partial charge in [-0.3, -0.25) is 19.2 Å². The molecule has 0 radical (unpaired) electrons. The summed E-state index contributed by atoms with van der Waals surface area (Å²) in [4.78, 5) is 67.4. The summed E-state index contributed by atoms with van der Waals surface area (Å²) in [5, 5.41) is 8.03. The number of ketones is 1. The van der Waals surface area contributed by atoms with Crippen molar-refractivity contribution in [3.63, 3.8) is 0 Å². The molecule has 1 saturated heterocycles. The van der Waals surface area contributed by atoms with Gasteiger partial charge in [-0.1, -0.05) is 57.5 Å². The van der Waals surface area contributed by atoms with E-state index in [4.69, 9.17) is 4.74 Å². The Labute approximate surface area is 247 Å². The number of alkyl carbamates (subject to hydrolysis) is 1. The van der Waals surface area contributed by atoms with Crippen LogP contribution in [-0.2, 0) is 23.9 Å². The zero-order valence-electron chi connectivity index (χ0n) is 25.4. The molecular weight excluding hydrogens is 543 g/mol. The van der Waals surface area contributed by atoms with Crippen LogP contribution in [0.1, 0.15) is 78.8 Å². The second-order valence-electron chi connectivity index (χ2n) is 12.0. The van der Waals surface area contributed by atoms with Crippen molar-refractivity contribution in [2.75, 3.05) is 6.54 Å². The van der Waals surface area contributed by atoms with Gasteiger partial charge in [0, 0.05) is 12.5 Å². The van der Waals surface area contributed by atoms with E-state index in [0.29, 0.717) is 12.8 Å². The second kappa shape index (κ2) is 14.6. The van der Waals surface area contributed by atoms with Crippen LogP contribution in [0, 0.1) is 17.8 Å². The minimum Gasteiger partial charge on any atom is -0.447 e. The van der Waals surface area contributed by atoms with Crippen molar-refractivity contribution >= 4 is 29.6 Å². The lowest BCUT2D eigenvalue weighted by atomic mass is 9.92. The molecule has 11 heteroatoms. The third kappa shape index (κ3) is 7.86. The highest BCUT2D eigenvalue weighted by Crippen LogP contribution is 2.44. The van der Waals surface area contributed by atoms with E-state index in [1.165, 1.54) is 4.90 Å². The van der Waals surface area contributed by atoms with Crippen molar-refractivity contribution in [2.24, 2.45) is 17.8 Å². The Kier molecular flexibility index (Phi) is 11.5. The van der Waals surface area contributed by atoms with Gasteiger partial charge in [-0.05, 0) is 57.4 Å². The Morgan fingerprint density at radius 1 is 0.952 bits per heavy atom. The summed E-state index contributed by atoms with van der Waals surface area (Å²) in [6.45, 7) is 10.5. The normalized spacial score (nSPS) is 23.6. The van der Waals surface area contributed by atoms with Gasteiger partial charge in [0.05, 0.1) is 18.2 Å². The van der Waals surface area contributed by atoms with Gasteiger partial charge < -0.3 is 25.6 Å². The van der Waals surface area contributed by atoms with Gasteiger partial charge in [-0.15, -0.1) is 0 Å². The number of ether oxygens (including phenoxy) is 1. The van der Waals surface area contributed by atoms with Gasteiger partial charge in [0.25, 0.3) is 5.91 Å². The third-order valence-electron chi connectivity index (χ3n) is 8.12. The predicted octanol–water partition coefficient (Wildman–Crippen LogP) is 3.45. The highest BCUT2D eigenvalue weighted by atomic mass is 19.1. The first-order valence-electron chi connectivity index (χ1n) is 15.0. The number of carbonyl (C=O) groups excluding carboxylic acids is 5. The standard InChI is InChI=1S/C31H45FN4O6/c1-7-11-24(27(37)29(39)33-19(6)20-12-9-8-10-13-20)34-28(38)26-21-14-15-23(32)22(21)16-36(26)30(40)25(17(2)3)35-31(41)42-18(4)5/h8-10,12-13,17-19,21-26H,7,11,14-16H2,1-6H3,(H,33,39)(H,34,38)(H,35,41)/t19-,21-,22-,23-,24?,25-,26-/m0/s1. The summed E-state index contributed by atoms with van der Waals surface area (Å²) >= 11 is 0. The highest BCUT2D eigenvalue weighted by molar-refractivity contribution is 6.38. The van der Waals surface area contributed by atoms with E-state index < -0.39 is 77.9 Å². The zero-order valence-corrected chi connectivity index (χ0v) is 25.4. The molecule has 0 spiro atoms. The molecular formula is C31H45FN4O6. The molecule has 3 rings (SSSR count). The van der Waals surface area contributed by atoms with Gasteiger partial charge in [0.15, 0.2) is 0 Å². The third-order valence-corrected chi connectivity index (χ3v) is 8.12. The van der Waals surface area contributed by atoms with E-state index >= 15 is 0 Å². The average Bonchev–Trinajstić information content (AvgIpc) is 3.49. The maximum atomic E-state index is 14.9. The molecule has 1 aliphatic heterocycles. The number of rotatable bonds is 12. The molecule has 1 aliphatic carbocycles. The molecule has 2 fully saturated rings. The highest BCUT2D eigenvalue weighted by Gasteiger charge is 2.54. The number of fused-ring (bicyclic) bond motifs is 1. The quantitative estimate of drug-likeness (QED) is 0.320. The van der Waals surface area contributed by atoms with Crippen LogP contribution in [0.5, 0.6) is 0 Å². The zero-order chi connectivity index (χ0) is 31.1. The predicted molar refractivity (Wildman–Crippen MR) is 155 cm³/mol. The van der Waals surface area contributed by atoms with Crippen LogP contribution >= 0.6 is 0 Å². The number of Topliss-reactive ketones (excluding diaryl/α,β-unsaturated/α-hetero) is 1. The van der Waals surface area contributed by atoms with Gasteiger partial charge in [-0.2, -0.15) is 0 Å². The number of benzene rings is 1. The molecule has 1 unspecified atom stereocenters. The van der Waals surface area contributed by atoms with E-state index in [0.717, 1.165) is 5.56 Å². The lowest BCUT2D eigenvalue weighted by molar-refractivity contribution is -0.144. The number of halogens is 1. The first-order chi connectivity index (χ1) is 19.8. The number of likely N-dealkylation sites (tertiary alicyclic amines) is 1. The topological polar surface area (TPSA) is 134 Å². The number of nitrogens with one attached hydrogen (secondary N) is 3. The lowest BCUT2D eigenvalue weighted by Gasteiger charge is -2.32. The van der Waals surface area contributed by atoms with E-state index in [1.807, 2.05) is 37.3 Å². The summed E-state index contributed by atoms with van der Waals surface area (Å²) in [7, 11) is 0. The number of hydrogen-bond acceptors (Lipinski definition) is 6. The van der Waals surface area contributed by atoms with E-state index in [-0.39, 0.29) is 25.3 Å². The molecule has 1 aromatic rings. The largest absolute Gasteiger partial charge is 0.447 e. The molecule has 232 valence electrons.